The van der Waals surface area contributed by atoms with Gasteiger partial charge in [0.1, 0.15) is 5.75 Å². The van der Waals surface area contributed by atoms with Gasteiger partial charge in [0.25, 0.3) is 0 Å². The Kier molecular flexibility index (Phi) is 3.69. The lowest BCUT2D eigenvalue weighted by Crippen LogP contribution is -2.45. The van der Waals surface area contributed by atoms with Crippen LogP contribution in [0.15, 0.2) is 24.3 Å². The van der Waals surface area contributed by atoms with E-state index in [-0.39, 0.29) is 4.75 Å². The van der Waals surface area contributed by atoms with Crippen LogP contribution in [0.1, 0.15) is 25.8 Å². The zero-order valence-electron chi connectivity index (χ0n) is 10.8. The summed E-state index contributed by atoms with van der Waals surface area (Å²) in [5, 5.41) is 10.3. The summed E-state index contributed by atoms with van der Waals surface area (Å²) in [4.78, 5) is 2.40. The number of benzene rings is 1. The molecule has 1 fully saturated rings. The van der Waals surface area contributed by atoms with E-state index in [1.165, 1.54) is 5.56 Å². The third-order valence-corrected chi connectivity index (χ3v) is 5.12. The molecule has 1 aliphatic rings. The van der Waals surface area contributed by atoms with Crippen molar-refractivity contribution < 1.29 is 5.11 Å². The van der Waals surface area contributed by atoms with Crippen molar-refractivity contribution in [2.24, 2.45) is 0 Å². The SMILES string of the molecule is CCC1(c2cccc(O)c2)CN(C)C[C@@H](C)S1. The zero-order chi connectivity index (χ0) is 12.5. The molecule has 1 N–H and O–H groups in total. The fourth-order valence-corrected chi connectivity index (χ4v) is 4.57. The summed E-state index contributed by atoms with van der Waals surface area (Å²) in [6.45, 7) is 6.73. The highest BCUT2D eigenvalue weighted by Crippen LogP contribution is 2.46. The third-order valence-electron chi connectivity index (χ3n) is 3.46. The lowest BCUT2D eigenvalue weighted by atomic mass is 9.94. The topological polar surface area (TPSA) is 23.5 Å². The van der Waals surface area contributed by atoms with Gasteiger partial charge in [0.2, 0.25) is 0 Å². The number of phenolic OH excluding ortho intramolecular Hbond substituents is 1. The molecular weight excluding hydrogens is 230 g/mol. The molecule has 3 heteroatoms. The van der Waals surface area contributed by atoms with Crippen molar-refractivity contribution in [1.29, 1.82) is 0 Å². The predicted octanol–water partition coefficient (Wildman–Crippen LogP) is 3.06. The van der Waals surface area contributed by atoms with Crippen LogP contribution in [0.4, 0.5) is 0 Å². The van der Waals surface area contributed by atoms with Gasteiger partial charge in [-0.1, -0.05) is 26.0 Å². The first-order chi connectivity index (χ1) is 8.05. The predicted molar refractivity (Wildman–Crippen MR) is 74.6 cm³/mol. The van der Waals surface area contributed by atoms with Crippen molar-refractivity contribution >= 4 is 11.8 Å². The van der Waals surface area contributed by atoms with E-state index in [9.17, 15) is 5.11 Å². The molecule has 1 heterocycles. The number of nitrogens with zero attached hydrogens (tertiary/aromatic N) is 1. The maximum Gasteiger partial charge on any atom is 0.115 e. The first-order valence-corrected chi connectivity index (χ1v) is 7.09. The molecule has 0 aromatic heterocycles. The first kappa shape index (κ1) is 12.8. The zero-order valence-corrected chi connectivity index (χ0v) is 11.6. The highest BCUT2D eigenvalue weighted by molar-refractivity contribution is 8.00. The van der Waals surface area contributed by atoms with Gasteiger partial charge in [-0.05, 0) is 31.2 Å². The van der Waals surface area contributed by atoms with Crippen molar-refractivity contribution in [1.82, 2.24) is 4.90 Å². The number of hydrogen-bond donors (Lipinski definition) is 1. The van der Waals surface area contributed by atoms with Gasteiger partial charge < -0.3 is 10.0 Å². The normalized spacial score (nSPS) is 30.4. The largest absolute Gasteiger partial charge is 0.508 e. The van der Waals surface area contributed by atoms with E-state index in [2.05, 4.69) is 31.9 Å². The molecule has 1 saturated heterocycles. The Bertz CT molecular complexity index is 384. The molecule has 94 valence electrons. The molecule has 0 aliphatic carbocycles. The van der Waals surface area contributed by atoms with Gasteiger partial charge in [0.05, 0.1) is 4.75 Å². The van der Waals surface area contributed by atoms with Crippen LogP contribution in [0.5, 0.6) is 5.75 Å². The monoisotopic (exact) mass is 251 g/mol. The fraction of sp³-hybridized carbons (Fsp3) is 0.571. The molecule has 2 rings (SSSR count). The average molecular weight is 251 g/mol. The number of rotatable bonds is 2. The lowest BCUT2D eigenvalue weighted by Gasteiger charge is -2.44. The van der Waals surface area contributed by atoms with E-state index >= 15 is 0 Å². The fourth-order valence-electron chi connectivity index (χ4n) is 2.75. The van der Waals surface area contributed by atoms with Crippen LogP contribution in [-0.2, 0) is 4.75 Å². The molecule has 0 radical (unpaired) electrons. The Morgan fingerprint density at radius 2 is 2.29 bits per heavy atom. The van der Waals surface area contributed by atoms with E-state index in [1.54, 1.807) is 6.07 Å². The van der Waals surface area contributed by atoms with Crippen molar-refractivity contribution in [2.75, 3.05) is 20.1 Å². The Labute approximate surface area is 108 Å². The third kappa shape index (κ3) is 2.61. The van der Waals surface area contributed by atoms with Crippen LogP contribution in [0.2, 0.25) is 0 Å². The van der Waals surface area contributed by atoms with Crippen LogP contribution in [-0.4, -0.2) is 35.4 Å². The van der Waals surface area contributed by atoms with Gasteiger partial charge in [0, 0.05) is 18.3 Å². The van der Waals surface area contributed by atoms with Crippen molar-refractivity contribution in [3.05, 3.63) is 29.8 Å². The smallest absolute Gasteiger partial charge is 0.115 e. The molecule has 2 atom stereocenters. The maximum atomic E-state index is 9.66. The van der Waals surface area contributed by atoms with Crippen molar-refractivity contribution in [3.63, 3.8) is 0 Å². The number of likely N-dealkylation sites (N-methyl/N-ethyl adjacent to an activating group) is 1. The van der Waals surface area contributed by atoms with Crippen molar-refractivity contribution in [3.8, 4) is 5.75 Å². The minimum atomic E-state index is 0.130. The Morgan fingerprint density at radius 1 is 1.53 bits per heavy atom. The quantitative estimate of drug-likeness (QED) is 0.874. The lowest BCUT2D eigenvalue weighted by molar-refractivity contribution is 0.278. The molecular formula is C14H21NOS. The number of phenols is 1. The summed E-state index contributed by atoms with van der Waals surface area (Å²) in [5.74, 6) is 0.372. The molecule has 1 unspecified atom stereocenters. The van der Waals surface area contributed by atoms with Crippen LogP contribution in [0, 0.1) is 0 Å². The Morgan fingerprint density at radius 3 is 2.88 bits per heavy atom. The molecule has 1 aromatic rings. The molecule has 0 spiro atoms. The van der Waals surface area contributed by atoms with E-state index in [0.29, 0.717) is 11.0 Å². The van der Waals surface area contributed by atoms with Gasteiger partial charge in [-0.3, -0.25) is 0 Å². The molecule has 0 bridgehead atoms. The second kappa shape index (κ2) is 4.91. The summed E-state index contributed by atoms with van der Waals surface area (Å²) in [7, 11) is 2.18. The molecule has 0 saturated carbocycles. The van der Waals surface area contributed by atoms with E-state index in [4.69, 9.17) is 0 Å². The number of hydrogen-bond acceptors (Lipinski definition) is 3. The van der Waals surface area contributed by atoms with E-state index in [0.717, 1.165) is 19.5 Å². The van der Waals surface area contributed by atoms with Gasteiger partial charge in [-0.15, -0.1) is 11.8 Å². The second-order valence-corrected chi connectivity index (χ2v) is 6.85. The highest BCUT2D eigenvalue weighted by atomic mass is 32.2. The minimum Gasteiger partial charge on any atom is -0.508 e. The summed E-state index contributed by atoms with van der Waals surface area (Å²) in [6, 6.07) is 7.75. The van der Waals surface area contributed by atoms with E-state index in [1.807, 2.05) is 23.9 Å². The van der Waals surface area contributed by atoms with Gasteiger partial charge >= 0.3 is 0 Å². The van der Waals surface area contributed by atoms with Gasteiger partial charge in [0.15, 0.2) is 0 Å². The Balaban J connectivity index is 2.36. The number of thioether (sulfide) groups is 1. The summed E-state index contributed by atoms with van der Waals surface area (Å²) >= 11 is 2.05. The van der Waals surface area contributed by atoms with Crippen LogP contribution < -0.4 is 0 Å². The van der Waals surface area contributed by atoms with E-state index < -0.39 is 0 Å². The molecule has 1 aromatic carbocycles. The molecule has 0 amide bonds. The summed E-state index contributed by atoms with van der Waals surface area (Å²) in [6.07, 6.45) is 1.09. The molecule has 2 nitrogen and oxygen atoms in total. The Hall–Kier alpha value is -0.670. The molecule has 1 aliphatic heterocycles. The number of aromatic hydroxyl groups is 1. The van der Waals surface area contributed by atoms with Gasteiger partial charge in [-0.25, -0.2) is 0 Å². The van der Waals surface area contributed by atoms with Crippen LogP contribution >= 0.6 is 11.8 Å². The summed E-state index contributed by atoms with van der Waals surface area (Å²) in [5.41, 5.74) is 1.25. The highest BCUT2D eigenvalue weighted by Gasteiger charge is 2.38. The van der Waals surface area contributed by atoms with Crippen LogP contribution in [0.3, 0.4) is 0 Å². The minimum absolute atomic E-state index is 0.130. The summed E-state index contributed by atoms with van der Waals surface area (Å²) < 4.78 is 0.130. The maximum absolute atomic E-state index is 9.66. The average Bonchev–Trinajstić information content (AvgIpc) is 2.27. The van der Waals surface area contributed by atoms with Gasteiger partial charge in [-0.2, -0.15) is 0 Å². The standard InChI is InChI=1S/C14H21NOS/c1-4-14(10-15(3)9-11(2)17-14)12-6-5-7-13(16)8-12/h5-8,11,16H,4,9-10H2,1-3H3/t11-,14?/m1/s1. The molecule has 17 heavy (non-hydrogen) atoms. The second-order valence-electron chi connectivity index (χ2n) is 5.02. The van der Waals surface area contributed by atoms with Crippen LogP contribution in [0.25, 0.3) is 0 Å². The van der Waals surface area contributed by atoms with Crippen molar-refractivity contribution in [2.45, 2.75) is 30.3 Å². The first-order valence-electron chi connectivity index (χ1n) is 6.21.